The molecule has 2 amide bonds. The van der Waals surface area contributed by atoms with E-state index >= 15 is 4.39 Å². The van der Waals surface area contributed by atoms with E-state index in [0.717, 1.165) is 18.9 Å². The number of β-amino-alcohol motifs (C(OH)–C–C–N with tert-alkyl or cyclic N) is 1. The van der Waals surface area contributed by atoms with Gasteiger partial charge in [-0.25, -0.2) is 19.2 Å². The summed E-state index contributed by atoms with van der Waals surface area (Å²) in [5.74, 6) is -0.0943. The monoisotopic (exact) mass is 699 g/mol. The minimum atomic E-state index is -1.38. The molecule has 1 aromatic carbocycles. The molecule has 1 saturated heterocycles. The molecule has 12 nitrogen and oxygen atoms in total. The number of likely N-dealkylation sites (tertiary alicyclic amines) is 1. The van der Waals surface area contributed by atoms with Crippen molar-refractivity contribution in [3.05, 3.63) is 35.5 Å². The lowest BCUT2D eigenvalue weighted by molar-refractivity contribution is -0.00408. The third-order valence-electron chi connectivity index (χ3n) is 8.77. The lowest BCUT2D eigenvalue weighted by atomic mass is 10.0. The van der Waals surface area contributed by atoms with Crippen molar-refractivity contribution < 1.29 is 38.0 Å². The smallest absolute Gasteiger partial charge is 0.410 e. The largest absolute Gasteiger partial charge is 0.494 e. The highest BCUT2D eigenvalue weighted by Crippen LogP contribution is 2.40. The van der Waals surface area contributed by atoms with E-state index in [1.165, 1.54) is 30.5 Å². The second-order valence-electron chi connectivity index (χ2n) is 15.3. The third-order valence-corrected chi connectivity index (χ3v) is 10.5. The number of benzene rings is 1. The molecule has 3 heterocycles. The Balaban J connectivity index is 1.50. The Morgan fingerprint density at radius 2 is 1.86 bits per heavy atom. The Kier molecular flexibility index (Phi) is 10.9. The van der Waals surface area contributed by atoms with Crippen molar-refractivity contribution in [2.45, 2.75) is 97.1 Å². The number of aliphatic hydroxyl groups excluding tert-OH is 1. The van der Waals surface area contributed by atoms with Crippen molar-refractivity contribution in [3.63, 3.8) is 0 Å². The summed E-state index contributed by atoms with van der Waals surface area (Å²) in [4.78, 5) is 37.3. The maximum absolute atomic E-state index is 15.3. The molecule has 3 aromatic rings. The fourth-order valence-electron chi connectivity index (χ4n) is 5.78. The van der Waals surface area contributed by atoms with Crippen LogP contribution in [-0.2, 0) is 16.2 Å². The van der Waals surface area contributed by atoms with Crippen molar-refractivity contribution in [1.29, 1.82) is 0 Å². The number of aromatic nitrogens is 3. The molecule has 2 N–H and O–H groups in total. The molecule has 49 heavy (non-hydrogen) atoms. The molecule has 2 aromatic heterocycles. The van der Waals surface area contributed by atoms with E-state index in [1.54, 1.807) is 20.8 Å². The van der Waals surface area contributed by atoms with Crippen molar-refractivity contribution in [1.82, 2.24) is 24.8 Å². The number of hydrogen-bond donors (Lipinski definition) is 2. The number of halogens is 1. The van der Waals surface area contributed by atoms with Gasteiger partial charge in [-0.1, -0.05) is 19.6 Å². The van der Waals surface area contributed by atoms with Gasteiger partial charge in [-0.15, -0.1) is 0 Å². The quantitative estimate of drug-likeness (QED) is 0.179. The molecule has 1 aliphatic heterocycles. The highest BCUT2D eigenvalue weighted by molar-refractivity contribution is 6.76. The first-order valence-corrected chi connectivity index (χ1v) is 20.7. The second kappa shape index (κ2) is 14.6. The van der Waals surface area contributed by atoms with Crippen molar-refractivity contribution in [2.75, 3.05) is 33.4 Å². The molecule has 0 radical (unpaired) electrons. The summed E-state index contributed by atoms with van der Waals surface area (Å²) in [6.07, 6.45) is 2.32. The second-order valence-corrected chi connectivity index (χ2v) is 20.9. The standard InChI is InChI=1S/C35H50FN5O7Si/c1-21-29(33(43)39-25-11-12-40(17-26(25)42)34(44)48-35(2,3)4)31-32(41(21)20-46-13-14-49(6,7)8)30(37-19-38-31)23-15-24(36)28(45-5)16-27(23)47-18-22-9-10-22/h15-16,19,22,25-26,42H,9-14,17-18,20H2,1-8H3,(H,39,43)/t25-,26-/m1/s1. The number of nitrogens with zero attached hydrogens (tertiary/aromatic N) is 4. The lowest BCUT2D eigenvalue weighted by Crippen LogP contribution is -2.56. The molecular formula is C35H50FN5O7Si. The van der Waals surface area contributed by atoms with Crippen LogP contribution in [0, 0.1) is 18.7 Å². The number of fused-ring (bicyclic) bond motifs is 1. The SMILES string of the molecule is COc1cc(OCC2CC2)c(-c2ncnc3c(C(=O)N[C@@H]4CCN(C(=O)OC(C)(C)C)C[C@H]4O)c(C)n(COCC[Si](C)(C)C)c23)cc1F. The van der Waals surface area contributed by atoms with Crippen LogP contribution < -0.4 is 14.8 Å². The zero-order valence-electron chi connectivity index (χ0n) is 29.9. The summed E-state index contributed by atoms with van der Waals surface area (Å²) >= 11 is 0. The lowest BCUT2D eigenvalue weighted by Gasteiger charge is -2.36. The molecule has 2 fully saturated rings. The molecule has 0 bridgehead atoms. The van der Waals surface area contributed by atoms with Crippen LogP contribution in [0.5, 0.6) is 11.5 Å². The molecule has 0 spiro atoms. The van der Waals surface area contributed by atoms with Gasteiger partial charge in [0.1, 0.15) is 35.6 Å². The number of carbonyl (C=O) groups excluding carboxylic acids is 2. The van der Waals surface area contributed by atoms with Gasteiger partial charge in [-0.05, 0) is 65.0 Å². The van der Waals surface area contributed by atoms with Gasteiger partial charge in [-0.3, -0.25) is 4.79 Å². The van der Waals surface area contributed by atoms with Crippen LogP contribution in [0.1, 0.15) is 56.1 Å². The van der Waals surface area contributed by atoms with E-state index in [2.05, 4.69) is 34.9 Å². The van der Waals surface area contributed by atoms with Gasteiger partial charge in [0, 0.05) is 38.5 Å². The summed E-state index contributed by atoms with van der Waals surface area (Å²) in [5, 5.41) is 14.0. The average Bonchev–Trinajstić information content (AvgIpc) is 3.80. The fraction of sp³-hybridized carbons (Fsp3) is 0.600. The molecule has 14 heteroatoms. The Bertz CT molecular complexity index is 1680. The van der Waals surface area contributed by atoms with Crippen LogP contribution >= 0.6 is 0 Å². The number of piperidine rings is 1. The van der Waals surface area contributed by atoms with E-state index in [-0.39, 0.29) is 19.0 Å². The fourth-order valence-corrected chi connectivity index (χ4v) is 6.53. The summed E-state index contributed by atoms with van der Waals surface area (Å²) in [5.41, 5.74) is 1.86. The van der Waals surface area contributed by atoms with Gasteiger partial charge in [0.15, 0.2) is 11.6 Å². The molecule has 0 unspecified atom stereocenters. The van der Waals surface area contributed by atoms with Gasteiger partial charge < -0.3 is 38.8 Å². The maximum atomic E-state index is 15.3. The Morgan fingerprint density at radius 3 is 2.49 bits per heavy atom. The molecule has 268 valence electrons. The van der Waals surface area contributed by atoms with E-state index in [0.29, 0.717) is 71.4 Å². The van der Waals surface area contributed by atoms with Gasteiger partial charge in [-0.2, -0.15) is 0 Å². The number of nitrogens with one attached hydrogen (secondary N) is 1. The predicted molar refractivity (Wildman–Crippen MR) is 186 cm³/mol. The summed E-state index contributed by atoms with van der Waals surface area (Å²) < 4.78 is 40.2. The van der Waals surface area contributed by atoms with Crippen LogP contribution in [-0.4, -0.2) is 95.8 Å². The molecule has 5 rings (SSSR count). The van der Waals surface area contributed by atoms with Crippen LogP contribution in [0.25, 0.3) is 22.3 Å². The van der Waals surface area contributed by atoms with Gasteiger partial charge in [0.25, 0.3) is 5.91 Å². The van der Waals surface area contributed by atoms with Crippen LogP contribution in [0.2, 0.25) is 25.7 Å². The predicted octanol–water partition coefficient (Wildman–Crippen LogP) is 5.76. The van der Waals surface area contributed by atoms with Crippen LogP contribution in [0.4, 0.5) is 9.18 Å². The molecule has 1 aliphatic carbocycles. The first-order chi connectivity index (χ1) is 23.1. The van der Waals surface area contributed by atoms with Crippen LogP contribution in [0.3, 0.4) is 0 Å². The third kappa shape index (κ3) is 8.89. The van der Waals surface area contributed by atoms with Gasteiger partial charge in [0.2, 0.25) is 0 Å². The number of carbonyl (C=O) groups is 2. The Morgan fingerprint density at radius 1 is 1.12 bits per heavy atom. The van der Waals surface area contributed by atoms with Crippen molar-refractivity contribution >= 4 is 31.1 Å². The number of rotatable bonds is 12. The van der Waals surface area contributed by atoms with Crippen LogP contribution in [0.15, 0.2) is 18.5 Å². The van der Waals surface area contributed by atoms with E-state index in [1.807, 2.05) is 11.5 Å². The number of hydrogen-bond acceptors (Lipinski definition) is 9. The molecule has 1 saturated carbocycles. The first-order valence-electron chi connectivity index (χ1n) is 17.0. The van der Waals surface area contributed by atoms with Crippen molar-refractivity contribution in [3.8, 4) is 22.8 Å². The molecule has 2 aliphatic rings. The minimum Gasteiger partial charge on any atom is -0.494 e. The van der Waals surface area contributed by atoms with E-state index < -0.39 is 43.6 Å². The topological polar surface area (TPSA) is 137 Å². The number of ether oxygens (including phenoxy) is 4. The summed E-state index contributed by atoms with van der Waals surface area (Å²) in [6, 6.07) is 3.21. The Hall–Kier alpha value is -3.75. The zero-order chi connectivity index (χ0) is 35.7. The number of methoxy groups -OCH3 is 1. The molecular weight excluding hydrogens is 649 g/mol. The average molecular weight is 700 g/mol. The summed E-state index contributed by atoms with van der Waals surface area (Å²) in [6.45, 7) is 15.4. The normalized spacial score (nSPS) is 18.4. The van der Waals surface area contributed by atoms with Gasteiger partial charge >= 0.3 is 6.09 Å². The molecule has 2 atom stereocenters. The maximum Gasteiger partial charge on any atom is 0.410 e. The van der Waals surface area contributed by atoms with Gasteiger partial charge in [0.05, 0.1) is 43.5 Å². The van der Waals surface area contributed by atoms with Crippen molar-refractivity contribution in [2.24, 2.45) is 5.92 Å². The minimum absolute atomic E-state index is 0.0184. The number of aliphatic hydroxyl groups is 1. The summed E-state index contributed by atoms with van der Waals surface area (Å²) in [7, 11) is 0.0238. The highest BCUT2D eigenvalue weighted by Gasteiger charge is 2.35. The van der Waals surface area contributed by atoms with E-state index in [4.69, 9.17) is 18.9 Å². The Labute approximate surface area is 288 Å². The number of amides is 2. The highest BCUT2D eigenvalue weighted by atomic mass is 28.3. The zero-order valence-corrected chi connectivity index (χ0v) is 30.9. The van der Waals surface area contributed by atoms with E-state index in [9.17, 15) is 14.7 Å². The first kappa shape index (κ1) is 36.5.